The number of thioether (sulfide) groups is 1. The first-order chi connectivity index (χ1) is 13.2. The van der Waals surface area contributed by atoms with Crippen molar-refractivity contribution in [3.8, 4) is 0 Å². The van der Waals surface area contributed by atoms with Crippen LogP contribution in [0.5, 0.6) is 0 Å². The fourth-order valence-electron chi connectivity index (χ4n) is 2.81. The second-order valence-electron chi connectivity index (χ2n) is 7.41. The molecule has 0 unspecified atom stereocenters. The highest BCUT2D eigenvalue weighted by Gasteiger charge is 2.32. The van der Waals surface area contributed by atoms with Crippen molar-refractivity contribution in [3.05, 3.63) is 23.2 Å². The van der Waals surface area contributed by atoms with Gasteiger partial charge in [0.2, 0.25) is 0 Å². The van der Waals surface area contributed by atoms with Crippen molar-refractivity contribution in [2.75, 3.05) is 18.9 Å². The van der Waals surface area contributed by atoms with Gasteiger partial charge in [0.15, 0.2) is 10.0 Å². The number of amides is 1. The summed E-state index contributed by atoms with van der Waals surface area (Å²) in [5, 5.41) is 20.9. The fourth-order valence-corrected chi connectivity index (χ4v) is 4.62. The Hall–Kier alpha value is -1.58. The van der Waals surface area contributed by atoms with Crippen LogP contribution in [0.15, 0.2) is 21.9 Å². The second-order valence-corrected chi connectivity index (χ2v) is 9.61. The molecule has 1 amide bonds. The summed E-state index contributed by atoms with van der Waals surface area (Å²) in [4.78, 5) is 28.5. The molecule has 9 heteroatoms. The summed E-state index contributed by atoms with van der Waals surface area (Å²) in [5.41, 5.74) is -0.183. The van der Waals surface area contributed by atoms with Gasteiger partial charge in [-0.15, -0.1) is 11.3 Å². The van der Waals surface area contributed by atoms with Gasteiger partial charge in [-0.3, -0.25) is 4.90 Å². The van der Waals surface area contributed by atoms with Crippen LogP contribution in [0.25, 0.3) is 0 Å². The Balaban J connectivity index is 1.88. The van der Waals surface area contributed by atoms with E-state index >= 15 is 0 Å². The number of thiazole rings is 1. The molecule has 0 saturated carbocycles. The van der Waals surface area contributed by atoms with Crippen molar-refractivity contribution in [3.63, 3.8) is 0 Å². The molecule has 1 fully saturated rings. The van der Waals surface area contributed by atoms with Crippen LogP contribution in [-0.2, 0) is 4.74 Å². The maximum atomic E-state index is 12.0. The molecule has 0 radical (unpaired) electrons. The average molecular weight is 429 g/mol. The monoisotopic (exact) mass is 428 g/mol. The van der Waals surface area contributed by atoms with E-state index in [9.17, 15) is 14.7 Å². The van der Waals surface area contributed by atoms with E-state index in [-0.39, 0.29) is 29.9 Å². The number of nitrogens with zero attached hydrogens (tertiary/aromatic N) is 2. The van der Waals surface area contributed by atoms with Crippen LogP contribution in [0.3, 0.4) is 0 Å². The van der Waals surface area contributed by atoms with E-state index in [1.165, 1.54) is 28.5 Å². The molecule has 0 bridgehead atoms. The SMILES string of the molecule is CCCCC(C)(C)[C@H](O)C=C[C@H]1COC(=O)N1CCSc1nc(C(=O)O)cs1. The number of aliphatic hydroxyl groups excluding tert-OH is 1. The van der Waals surface area contributed by atoms with Crippen LogP contribution < -0.4 is 0 Å². The molecule has 0 spiro atoms. The van der Waals surface area contributed by atoms with Gasteiger partial charge in [0, 0.05) is 17.7 Å². The van der Waals surface area contributed by atoms with E-state index in [2.05, 4.69) is 11.9 Å². The lowest BCUT2D eigenvalue weighted by molar-refractivity contribution is 0.0690. The summed E-state index contributed by atoms with van der Waals surface area (Å²) in [6.07, 6.45) is 5.73. The minimum absolute atomic E-state index is 0.0357. The maximum Gasteiger partial charge on any atom is 0.410 e. The molecule has 7 nitrogen and oxygen atoms in total. The molecule has 1 saturated heterocycles. The van der Waals surface area contributed by atoms with Crippen LogP contribution in [0.4, 0.5) is 4.79 Å². The number of hydrogen-bond donors (Lipinski definition) is 2. The summed E-state index contributed by atoms with van der Waals surface area (Å²) in [5.74, 6) is -0.465. The summed E-state index contributed by atoms with van der Waals surface area (Å²) < 4.78 is 5.81. The first-order valence-corrected chi connectivity index (χ1v) is 11.2. The van der Waals surface area contributed by atoms with Crippen LogP contribution in [-0.4, -0.2) is 63.2 Å². The fraction of sp³-hybridized carbons (Fsp3) is 0.632. The Labute approximate surface area is 173 Å². The van der Waals surface area contributed by atoms with Crippen molar-refractivity contribution < 1.29 is 24.5 Å². The Morgan fingerprint density at radius 2 is 2.32 bits per heavy atom. The predicted molar refractivity (Wildman–Crippen MR) is 110 cm³/mol. The standard InChI is InChI=1S/C19H28N2O5S2/c1-4-5-8-19(2,3)15(22)7-6-13-11-26-18(25)21(13)9-10-27-17-20-14(12-28-17)16(23)24/h6-7,12-13,15,22H,4-5,8-11H2,1-3H3,(H,23,24)/t13-,15+/m0/s1. The topological polar surface area (TPSA) is 100.0 Å². The van der Waals surface area contributed by atoms with E-state index in [1.54, 1.807) is 11.0 Å². The van der Waals surface area contributed by atoms with Gasteiger partial charge >= 0.3 is 12.1 Å². The summed E-state index contributed by atoms with van der Waals surface area (Å²) >= 11 is 2.68. The van der Waals surface area contributed by atoms with Crippen LogP contribution in [0.1, 0.15) is 50.5 Å². The zero-order valence-electron chi connectivity index (χ0n) is 16.5. The number of unbranched alkanes of at least 4 members (excludes halogenated alkanes) is 1. The van der Waals surface area contributed by atoms with E-state index in [1.807, 2.05) is 19.9 Å². The van der Waals surface area contributed by atoms with Crippen molar-refractivity contribution in [1.82, 2.24) is 9.88 Å². The van der Waals surface area contributed by atoms with E-state index in [4.69, 9.17) is 9.84 Å². The van der Waals surface area contributed by atoms with Crippen molar-refractivity contribution >= 4 is 35.2 Å². The molecule has 0 aromatic carbocycles. The highest BCUT2D eigenvalue weighted by molar-refractivity contribution is 8.01. The number of rotatable bonds is 11. The molecule has 0 aliphatic carbocycles. The molecule has 2 atom stereocenters. The number of cyclic esters (lactones) is 1. The highest BCUT2D eigenvalue weighted by atomic mass is 32.2. The van der Waals surface area contributed by atoms with E-state index < -0.39 is 12.1 Å². The predicted octanol–water partition coefficient (Wildman–Crippen LogP) is 3.89. The van der Waals surface area contributed by atoms with E-state index in [0.29, 0.717) is 16.6 Å². The van der Waals surface area contributed by atoms with Gasteiger partial charge in [0.05, 0.1) is 12.1 Å². The lowest BCUT2D eigenvalue weighted by atomic mass is 9.81. The number of carbonyl (C=O) groups excluding carboxylic acids is 1. The lowest BCUT2D eigenvalue weighted by Crippen LogP contribution is -2.35. The number of ether oxygens (including phenoxy) is 1. The highest BCUT2D eigenvalue weighted by Crippen LogP contribution is 2.29. The number of aromatic nitrogens is 1. The summed E-state index contributed by atoms with van der Waals surface area (Å²) in [7, 11) is 0. The van der Waals surface area contributed by atoms with Gasteiger partial charge in [0.1, 0.15) is 6.61 Å². The normalized spacial score (nSPS) is 18.6. The number of carboxylic acids is 1. The van der Waals surface area contributed by atoms with Gasteiger partial charge in [-0.1, -0.05) is 57.5 Å². The molecule has 1 aromatic heterocycles. The minimum Gasteiger partial charge on any atom is -0.476 e. The number of aromatic carboxylic acids is 1. The van der Waals surface area contributed by atoms with Gasteiger partial charge in [0.25, 0.3) is 0 Å². The smallest absolute Gasteiger partial charge is 0.410 e. The minimum atomic E-state index is -1.04. The third kappa shape index (κ3) is 6.22. The van der Waals surface area contributed by atoms with Gasteiger partial charge < -0.3 is 14.9 Å². The molecule has 1 aromatic rings. The number of aliphatic hydroxyl groups is 1. The Morgan fingerprint density at radius 3 is 2.96 bits per heavy atom. The van der Waals surface area contributed by atoms with Crippen molar-refractivity contribution in [2.24, 2.45) is 5.41 Å². The molecule has 28 heavy (non-hydrogen) atoms. The van der Waals surface area contributed by atoms with Gasteiger partial charge in [-0.25, -0.2) is 14.6 Å². The molecular formula is C19H28N2O5S2. The van der Waals surface area contributed by atoms with Crippen LogP contribution in [0.2, 0.25) is 0 Å². The number of carboxylic acid groups (broad SMARTS) is 1. The van der Waals surface area contributed by atoms with Gasteiger partial charge in [-0.05, 0) is 11.8 Å². The zero-order chi connectivity index (χ0) is 20.7. The Bertz CT molecular complexity index is 704. The lowest BCUT2D eigenvalue weighted by Gasteiger charge is -2.29. The number of hydrogen-bond acceptors (Lipinski definition) is 7. The molecule has 2 rings (SSSR count). The summed E-state index contributed by atoms with van der Waals surface area (Å²) in [6.45, 7) is 6.94. The van der Waals surface area contributed by atoms with Crippen LogP contribution in [0, 0.1) is 5.41 Å². The first kappa shape index (κ1) is 22.7. The molecule has 1 aliphatic heterocycles. The third-order valence-corrected chi connectivity index (χ3v) is 6.76. The van der Waals surface area contributed by atoms with E-state index in [0.717, 1.165) is 19.3 Å². The third-order valence-electron chi connectivity index (χ3n) is 4.76. The molecule has 156 valence electrons. The van der Waals surface area contributed by atoms with Gasteiger partial charge in [-0.2, -0.15) is 0 Å². The second kappa shape index (κ2) is 10.3. The molecule has 1 aliphatic rings. The van der Waals surface area contributed by atoms with Crippen molar-refractivity contribution in [2.45, 2.75) is 56.5 Å². The Kier molecular flexibility index (Phi) is 8.33. The number of carbonyl (C=O) groups is 2. The summed E-state index contributed by atoms with van der Waals surface area (Å²) in [6, 6.07) is -0.212. The first-order valence-electron chi connectivity index (χ1n) is 9.36. The maximum absolute atomic E-state index is 12.0. The largest absolute Gasteiger partial charge is 0.476 e. The van der Waals surface area contributed by atoms with Crippen molar-refractivity contribution in [1.29, 1.82) is 0 Å². The molecule has 2 heterocycles. The molecule has 2 N–H and O–H groups in total. The quantitative estimate of drug-likeness (QED) is 0.407. The molecular weight excluding hydrogens is 400 g/mol. The Morgan fingerprint density at radius 1 is 1.57 bits per heavy atom. The zero-order valence-corrected chi connectivity index (χ0v) is 18.1. The van der Waals surface area contributed by atoms with Crippen LogP contribution >= 0.6 is 23.1 Å². The average Bonchev–Trinajstić information content (AvgIpc) is 3.26.